The Hall–Kier alpha value is -2.31. The maximum absolute atomic E-state index is 13.1. The van der Waals surface area contributed by atoms with E-state index in [1.54, 1.807) is 22.8 Å². The zero-order chi connectivity index (χ0) is 19.4. The number of carbonyl (C=O) groups is 1. The number of carbonyl (C=O) groups excluding carboxylic acids is 1. The van der Waals surface area contributed by atoms with Crippen molar-refractivity contribution in [2.45, 2.75) is 30.8 Å². The summed E-state index contributed by atoms with van der Waals surface area (Å²) in [4.78, 5) is 29.9. The van der Waals surface area contributed by atoms with Crippen LogP contribution in [0.1, 0.15) is 19.4 Å². The quantitative estimate of drug-likeness (QED) is 0.505. The zero-order valence-electron chi connectivity index (χ0n) is 15.1. The Bertz CT molecular complexity index is 1020. The van der Waals surface area contributed by atoms with Gasteiger partial charge in [0.15, 0.2) is 5.16 Å². The van der Waals surface area contributed by atoms with Crippen LogP contribution >= 0.6 is 23.4 Å². The summed E-state index contributed by atoms with van der Waals surface area (Å²) in [5.41, 5.74) is 1.44. The van der Waals surface area contributed by atoms with E-state index in [0.29, 0.717) is 34.2 Å². The topological polar surface area (TPSA) is 64.0 Å². The van der Waals surface area contributed by atoms with Gasteiger partial charge < -0.3 is 5.32 Å². The van der Waals surface area contributed by atoms with E-state index in [-0.39, 0.29) is 16.7 Å². The molecule has 27 heavy (non-hydrogen) atoms. The predicted molar refractivity (Wildman–Crippen MR) is 111 cm³/mol. The monoisotopic (exact) mass is 401 g/mol. The third-order valence-corrected chi connectivity index (χ3v) is 5.43. The standard InChI is InChI=1S/C20H20ClN3O2S/c1-3-22-18(25)13(2)27-20-23-17-7-5-4-6-16(17)19(26)24(20)12-14-8-10-15(21)11-9-14/h4-11,13H,3,12H2,1-2H3,(H,22,25)/t13-/m1/s1. The molecule has 0 saturated heterocycles. The van der Waals surface area contributed by atoms with Crippen LogP contribution in [0.3, 0.4) is 0 Å². The van der Waals surface area contributed by atoms with Crippen LogP contribution < -0.4 is 10.9 Å². The highest BCUT2D eigenvalue weighted by molar-refractivity contribution is 8.00. The summed E-state index contributed by atoms with van der Waals surface area (Å²) >= 11 is 7.24. The summed E-state index contributed by atoms with van der Waals surface area (Å²) in [6.45, 7) is 4.61. The van der Waals surface area contributed by atoms with Gasteiger partial charge in [0.05, 0.1) is 22.7 Å². The molecule has 0 spiro atoms. The predicted octanol–water partition coefficient (Wildman–Crippen LogP) is 3.71. The van der Waals surface area contributed by atoms with Gasteiger partial charge in [-0.1, -0.05) is 47.6 Å². The number of amides is 1. The van der Waals surface area contributed by atoms with Crippen LogP contribution in [0.4, 0.5) is 0 Å². The lowest BCUT2D eigenvalue weighted by atomic mass is 10.2. The first-order chi connectivity index (χ1) is 13.0. The molecule has 0 bridgehead atoms. The van der Waals surface area contributed by atoms with Gasteiger partial charge in [0.2, 0.25) is 5.91 Å². The zero-order valence-corrected chi connectivity index (χ0v) is 16.7. The van der Waals surface area contributed by atoms with Gasteiger partial charge in [-0.05, 0) is 43.7 Å². The van der Waals surface area contributed by atoms with Crippen molar-refractivity contribution in [3.05, 3.63) is 69.5 Å². The molecule has 1 atom stereocenters. The lowest BCUT2D eigenvalue weighted by Gasteiger charge is -2.16. The SMILES string of the molecule is CCNC(=O)[C@@H](C)Sc1nc2ccccc2c(=O)n1Cc1ccc(Cl)cc1. The molecule has 140 valence electrons. The molecule has 0 aliphatic heterocycles. The number of thioether (sulfide) groups is 1. The average Bonchev–Trinajstić information content (AvgIpc) is 2.66. The molecule has 2 aromatic carbocycles. The Morgan fingerprint density at radius 2 is 1.93 bits per heavy atom. The molecule has 0 unspecified atom stereocenters. The smallest absolute Gasteiger partial charge is 0.262 e. The molecular weight excluding hydrogens is 382 g/mol. The van der Waals surface area contributed by atoms with Crippen molar-refractivity contribution in [2.75, 3.05) is 6.54 Å². The van der Waals surface area contributed by atoms with E-state index in [2.05, 4.69) is 10.3 Å². The van der Waals surface area contributed by atoms with Gasteiger partial charge >= 0.3 is 0 Å². The molecule has 0 aliphatic rings. The van der Waals surface area contributed by atoms with Crippen LogP contribution in [-0.2, 0) is 11.3 Å². The molecule has 0 aliphatic carbocycles. The van der Waals surface area contributed by atoms with Crippen LogP contribution in [0.25, 0.3) is 10.9 Å². The molecule has 1 aromatic heterocycles. The fourth-order valence-electron chi connectivity index (χ4n) is 2.68. The maximum Gasteiger partial charge on any atom is 0.262 e. The third kappa shape index (κ3) is 4.51. The van der Waals surface area contributed by atoms with E-state index in [9.17, 15) is 9.59 Å². The number of para-hydroxylation sites is 1. The van der Waals surface area contributed by atoms with Crippen molar-refractivity contribution in [2.24, 2.45) is 0 Å². The molecule has 1 heterocycles. The fourth-order valence-corrected chi connectivity index (χ4v) is 3.74. The molecule has 0 fully saturated rings. The van der Waals surface area contributed by atoms with Crippen LogP contribution in [-0.4, -0.2) is 27.3 Å². The van der Waals surface area contributed by atoms with E-state index < -0.39 is 0 Å². The van der Waals surface area contributed by atoms with Gasteiger partial charge in [-0.15, -0.1) is 0 Å². The fraction of sp³-hybridized carbons (Fsp3) is 0.250. The van der Waals surface area contributed by atoms with E-state index in [1.165, 1.54) is 11.8 Å². The normalized spacial score (nSPS) is 12.1. The van der Waals surface area contributed by atoms with Crippen molar-refractivity contribution >= 4 is 40.2 Å². The van der Waals surface area contributed by atoms with E-state index >= 15 is 0 Å². The lowest BCUT2D eigenvalue weighted by molar-refractivity contribution is -0.120. The number of rotatable bonds is 6. The Kier molecular flexibility index (Phi) is 6.19. The summed E-state index contributed by atoms with van der Waals surface area (Å²) in [5.74, 6) is -0.0806. The van der Waals surface area contributed by atoms with Gasteiger partial charge in [0.25, 0.3) is 5.56 Å². The number of nitrogens with zero attached hydrogens (tertiary/aromatic N) is 2. The van der Waals surface area contributed by atoms with E-state index in [1.807, 2.05) is 44.2 Å². The van der Waals surface area contributed by atoms with E-state index in [4.69, 9.17) is 11.6 Å². The van der Waals surface area contributed by atoms with Crippen molar-refractivity contribution < 1.29 is 4.79 Å². The molecule has 1 amide bonds. The number of hydrogen-bond acceptors (Lipinski definition) is 4. The van der Waals surface area contributed by atoms with Gasteiger partial charge in [0.1, 0.15) is 0 Å². The molecule has 0 saturated carbocycles. The Morgan fingerprint density at radius 3 is 2.63 bits per heavy atom. The van der Waals surface area contributed by atoms with Crippen LogP contribution in [0.2, 0.25) is 5.02 Å². The number of aromatic nitrogens is 2. The molecule has 1 N–H and O–H groups in total. The largest absolute Gasteiger partial charge is 0.355 e. The van der Waals surface area contributed by atoms with Gasteiger partial charge in [-0.25, -0.2) is 4.98 Å². The molecule has 0 radical (unpaired) electrons. The van der Waals surface area contributed by atoms with Gasteiger partial charge in [-0.2, -0.15) is 0 Å². The van der Waals surface area contributed by atoms with E-state index in [0.717, 1.165) is 5.56 Å². The molecule has 3 aromatic rings. The van der Waals surface area contributed by atoms with Gasteiger partial charge in [0, 0.05) is 11.6 Å². The van der Waals surface area contributed by atoms with Gasteiger partial charge in [-0.3, -0.25) is 14.2 Å². The Balaban J connectivity index is 2.05. The number of benzene rings is 2. The van der Waals surface area contributed by atoms with Crippen molar-refractivity contribution in [3.63, 3.8) is 0 Å². The van der Waals surface area contributed by atoms with Crippen molar-refractivity contribution in [3.8, 4) is 0 Å². The molecule has 3 rings (SSSR count). The van der Waals surface area contributed by atoms with Crippen LogP contribution in [0, 0.1) is 0 Å². The second-order valence-electron chi connectivity index (χ2n) is 6.08. The highest BCUT2D eigenvalue weighted by Gasteiger charge is 2.19. The highest BCUT2D eigenvalue weighted by Crippen LogP contribution is 2.23. The molecular formula is C20H20ClN3O2S. The summed E-state index contributed by atoms with van der Waals surface area (Å²) < 4.78 is 1.62. The average molecular weight is 402 g/mol. The second kappa shape index (κ2) is 8.59. The number of nitrogens with one attached hydrogen (secondary N) is 1. The van der Waals surface area contributed by atoms with Crippen molar-refractivity contribution in [1.82, 2.24) is 14.9 Å². The molecule has 5 nitrogen and oxygen atoms in total. The van der Waals surface area contributed by atoms with Crippen LogP contribution in [0.15, 0.2) is 58.5 Å². The third-order valence-electron chi connectivity index (χ3n) is 4.08. The first kappa shape index (κ1) is 19.5. The first-order valence-corrected chi connectivity index (χ1v) is 9.93. The Labute approximate surface area is 166 Å². The first-order valence-electron chi connectivity index (χ1n) is 8.68. The van der Waals surface area contributed by atoms with Crippen molar-refractivity contribution in [1.29, 1.82) is 0 Å². The van der Waals surface area contributed by atoms with Crippen LogP contribution in [0.5, 0.6) is 0 Å². The number of fused-ring (bicyclic) bond motifs is 1. The highest BCUT2D eigenvalue weighted by atomic mass is 35.5. The number of halogens is 1. The number of hydrogen-bond donors (Lipinski definition) is 1. The minimum Gasteiger partial charge on any atom is -0.355 e. The Morgan fingerprint density at radius 1 is 1.22 bits per heavy atom. The maximum atomic E-state index is 13.1. The minimum absolute atomic E-state index is 0.0806. The molecule has 7 heteroatoms. The summed E-state index contributed by atoms with van der Waals surface area (Å²) in [6, 6.07) is 14.6. The second-order valence-corrected chi connectivity index (χ2v) is 7.83. The summed E-state index contributed by atoms with van der Waals surface area (Å²) in [7, 11) is 0. The summed E-state index contributed by atoms with van der Waals surface area (Å²) in [6.07, 6.45) is 0. The summed E-state index contributed by atoms with van der Waals surface area (Å²) in [5, 5.41) is 4.16. The lowest BCUT2D eigenvalue weighted by Crippen LogP contribution is -2.32. The minimum atomic E-state index is -0.366.